The lowest BCUT2D eigenvalue weighted by molar-refractivity contribution is 0.463. The van der Waals surface area contributed by atoms with Crippen molar-refractivity contribution in [2.24, 2.45) is 0 Å². The summed E-state index contributed by atoms with van der Waals surface area (Å²) in [6, 6.07) is 8.45. The molecule has 0 bridgehead atoms. The summed E-state index contributed by atoms with van der Waals surface area (Å²) in [5, 5.41) is 8.76. The van der Waals surface area contributed by atoms with Crippen molar-refractivity contribution in [1.82, 2.24) is 0 Å². The maximum absolute atomic E-state index is 12.4. The second-order valence-electron chi connectivity index (χ2n) is 3.83. The number of hydrogen-bond acceptors (Lipinski definition) is 1. The van der Waals surface area contributed by atoms with E-state index < -0.39 is 18.7 Å². The Hall–Kier alpha value is -1.44. The number of benzene rings is 1. The van der Waals surface area contributed by atoms with E-state index in [-0.39, 0.29) is 6.42 Å². The van der Waals surface area contributed by atoms with Crippen LogP contribution in [0.15, 0.2) is 24.3 Å². The highest BCUT2D eigenvalue weighted by Gasteiger charge is 2.51. The lowest BCUT2D eigenvalue weighted by Gasteiger charge is -2.13. The van der Waals surface area contributed by atoms with E-state index in [2.05, 4.69) is 0 Å². The summed E-state index contributed by atoms with van der Waals surface area (Å²) >= 11 is 0. The molecule has 0 aliphatic heterocycles. The highest BCUT2D eigenvalue weighted by molar-refractivity contribution is 6.61. The summed E-state index contributed by atoms with van der Waals surface area (Å²) in [4.78, 5) is 0. The topological polar surface area (TPSA) is 23.8 Å². The largest absolute Gasteiger partial charge is 0.481 e. The molecule has 1 aromatic carbocycles. The molecule has 1 fully saturated rings. The normalized spacial score (nSPS) is 24.7. The fourth-order valence-electron chi connectivity index (χ4n) is 1.91. The molecule has 2 rings (SSSR count). The van der Waals surface area contributed by atoms with Crippen molar-refractivity contribution in [1.29, 1.82) is 5.26 Å². The van der Waals surface area contributed by atoms with Gasteiger partial charge in [0.1, 0.15) is 0 Å². The van der Waals surface area contributed by atoms with Gasteiger partial charge in [0.2, 0.25) is 0 Å². The third-order valence-electron chi connectivity index (χ3n) is 2.81. The molecular formula is C10H8BF3N-. The molecule has 0 heterocycles. The molecule has 0 aromatic heterocycles. The third kappa shape index (κ3) is 1.85. The van der Waals surface area contributed by atoms with Gasteiger partial charge >= 0.3 is 6.98 Å². The Morgan fingerprint density at radius 1 is 1.27 bits per heavy atom. The van der Waals surface area contributed by atoms with E-state index in [0.717, 1.165) is 0 Å². The van der Waals surface area contributed by atoms with Crippen LogP contribution in [0.1, 0.15) is 23.5 Å². The molecule has 1 nitrogen and oxygen atoms in total. The summed E-state index contributed by atoms with van der Waals surface area (Å²) in [6.07, 6.45) is 0.141. The van der Waals surface area contributed by atoms with E-state index in [0.29, 0.717) is 11.1 Å². The van der Waals surface area contributed by atoms with Crippen molar-refractivity contribution < 1.29 is 12.9 Å². The predicted molar refractivity (Wildman–Crippen MR) is 51.3 cm³/mol. The molecule has 0 unspecified atom stereocenters. The van der Waals surface area contributed by atoms with E-state index in [1.165, 1.54) is 0 Å². The van der Waals surface area contributed by atoms with Crippen LogP contribution in [0.3, 0.4) is 0 Å². The standard InChI is InChI=1S/C10H8BF3N/c12-11(13,14)10-5-9(10)8-4-2-1-3-7(8)6-15/h1-4,9-10H,5H2/q-1/t9-,10+/m0/s1. The molecule has 0 spiro atoms. The number of hydrogen-bond donors (Lipinski definition) is 0. The zero-order valence-corrected chi connectivity index (χ0v) is 7.83. The van der Waals surface area contributed by atoms with Crippen molar-refractivity contribution in [2.45, 2.75) is 18.2 Å². The Morgan fingerprint density at radius 3 is 2.47 bits per heavy atom. The smallest absolute Gasteiger partial charge is 0.449 e. The van der Waals surface area contributed by atoms with Crippen molar-refractivity contribution in [3.8, 4) is 6.07 Å². The molecule has 0 N–H and O–H groups in total. The molecule has 1 saturated carbocycles. The van der Waals surface area contributed by atoms with Crippen LogP contribution in [-0.4, -0.2) is 6.98 Å². The first-order valence-electron chi connectivity index (χ1n) is 4.73. The molecule has 0 saturated heterocycles. The quantitative estimate of drug-likeness (QED) is 0.687. The summed E-state index contributed by atoms with van der Waals surface area (Å²) in [6.45, 7) is -4.75. The molecule has 1 aliphatic carbocycles. The number of nitrogens with zero attached hydrogens (tertiary/aromatic N) is 1. The molecule has 1 aliphatic rings. The monoisotopic (exact) mass is 210 g/mol. The van der Waals surface area contributed by atoms with Crippen LogP contribution in [0, 0.1) is 11.3 Å². The Morgan fingerprint density at radius 2 is 1.93 bits per heavy atom. The van der Waals surface area contributed by atoms with E-state index in [4.69, 9.17) is 5.26 Å². The molecule has 0 amide bonds. The lowest BCUT2D eigenvalue weighted by atomic mass is 9.80. The molecule has 1 aromatic rings. The van der Waals surface area contributed by atoms with E-state index in [1.807, 2.05) is 6.07 Å². The average Bonchev–Trinajstić information content (AvgIpc) is 2.96. The highest BCUT2D eigenvalue weighted by atomic mass is 19.4. The van der Waals surface area contributed by atoms with Crippen LogP contribution in [0.5, 0.6) is 0 Å². The first-order valence-corrected chi connectivity index (χ1v) is 4.73. The first-order chi connectivity index (χ1) is 7.04. The van der Waals surface area contributed by atoms with Crippen LogP contribution in [0.25, 0.3) is 0 Å². The third-order valence-corrected chi connectivity index (χ3v) is 2.81. The van der Waals surface area contributed by atoms with Crippen molar-refractivity contribution in [3.63, 3.8) is 0 Å². The lowest BCUT2D eigenvalue weighted by Crippen LogP contribution is -2.15. The Kier molecular flexibility index (Phi) is 2.22. The minimum Gasteiger partial charge on any atom is -0.449 e. The van der Waals surface area contributed by atoms with Crippen LogP contribution in [0.2, 0.25) is 5.82 Å². The maximum atomic E-state index is 12.4. The maximum Gasteiger partial charge on any atom is 0.481 e. The minimum atomic E-state index is -4.75. The fourth-order valence-corrected chi connectivity index (χ4v) is 1.91. The second kappa shape index (κ2) is 3.30. The van der Waals surface area contributed by atoms with Gasteiger partial charge < -0.3 is 12.9 Å². The summed E-state index contributed by atoms with van der Waals surface area (Å²) in [5.41, 5.74) is 0.911. The number of nitriles is 1. The average molecular weight is 210 g/mol. The molecule has 0 radical (unpaired) electrons. The van der Waals surface area contributed by atoms with Crippen LogP contribution in [0.4, 0.5) is 12.9 Å². The van der Waals surface area contributed by atoms with E-state index >= 15 is 0 Å². The SMILES string of the molecule is N#Cc1ccccc1[C@@H]1C[C@H]1[B-](F)(F)F. The van der Waals surface area contributed by atoms with Crippen molar-refractivity contribution >= 4 is 6.98 Å². The van der Waals surface area contributed by atoms with Gasteiger partial charge in [0.25, 0.3) is 0 Å². The van der Waals surface area contributed by atoms with Gasteiger partial charge in [-0.2, -0.15) is 5.26 Å². The van der Waals surface area contributed by atoms with Gasteiger partial charge in [-0.25, -0.2) is 0 Å². The second-order valence-corrected chi connectivity index (χ2v) is 3.83. The Labute approximate surface area is 85.6 Å². The predicted octanol–water partition coefficient (Wildman–Crippen LogP) is 3.26. The molecule has 5 heteroatoms. The van der Waals surface area contributed by atoms with E-state index in [1.54, 1.807) is 24.3 Å². The summed E-state index contributed by atoms with van der Waals surface area (Å²) in [7, 11) is 0. The summed E-state index contributed by atoms with van der Waals surface area (Å²) in [5.74, 6) is -1.68. The van der Waals surface area contributed by atoms with Gasteiger partial charge in [-0.3, -0.25) is 0 Å². The zero-order valence-electron chi connectivity index (χ0n) is 7.83. The van der Waals surface area contributed by atoms with Gasteiger partial charge in [0.05, 0.1) is 11.6 Å². The van der Waals surface area contributed by atoms with Crippen LogP contribution >= 0.6 is 0 Å². The first kappa shape index (κ1) is 10.1. The molecular weight excluding hydrogens is 202 g/mol. The van der Waals surface area contributed by atoms with Gasteiger partial charge in [0.15, 0.2) is 0 Å². The highest BCUT2D eigenvalue weighted by Crippen LogP contribution is 2.59. The van der Waals surface area contributed by atoms with Gasteiger partial charge in [-0.1, -0.05) is 30.4 Å². The van der Waals surface area contributed by atoms with Crippen LogP contribution < -0.4 is 0 Å². The Bertz CT molecular complexity index is 421. The molecule has 15 heavy (non-hydrogen) atoms. The van der Waals surface area contributed by atoms with Crippen molar-refractivity contribution in [2.75, 3.05) is 0 Å². The molecule has 2 atom stereocenters. The molecule has 78 valence electrons. The minimum absolute atomic E-state index is 0.141. The van der Waals surface area contributed by atoms with Gasteiger partial charge in [-0.15, -0.1) is 0 Å². The fraction of sp³-hybridized carbons (Fsp3) is 0.300. The Balaban J connectivity index is 2.24. The number of halogens is 3. The zero-order chi connectivity index (χ0) is 11.1. The van der Waals surface area contributed by atoms with E-state index in [9.17, 15) is 12.9 Å². The van der Waals surface area contributed by atoms with Crippen molar-refractivity contribution in [3.05, 3.63) is 35.4 Å². The van der Waals surface area contributed by atoms with Gasteiger partial charge in [0, 0.05) is 0 Å². The van der Waals surface area contributed by atoms with Gasteiger partial charge in [-0.05, 0) is 17.5 Å². The van der Waals surface area contributed by atoms with Crippen LogP contribution in [-0.2, 0) is 0 Å². The summed E-state index contributed by atoms with van der Waals surface area (Å²) < 4.78 is 37.2. The number of rotatable bonds is 2.